The van der Waals surface area contributed by atoms with Crippen LogP contribution in [0, 0.1) is 5.92 Å². The maximum atomic E-state index is 11.9. The van der Waals surface area contributed by atoms with Gasteiger partial charge in [0.1, 0.15) is 12.4 Å². The average Bonchev–Trinajstić information content (AvgIpc) is 3.04. The first-order valence-electron chi connectivity index (χ1n) is 7.62. The number of ether oxygens (including phenoxy) is 1. The first-order valence-corrected chi connectivity index (χ1v) is 7.62. The molecule has 22 heavy (non-hydrogen) atoms. The van der Waals surface area contributed by atoms with E-state index in [9.17, 15) is 9.59 Å². The minimum atomic E-state index is -0.338. The maximum Gasteiger partial charge on any atom is 0.269 e. The molecule has 0 radical (unpaired) electrons. The van der Waals surface area contributed by atoms with Crippen LogP contribution in [-0.4, -0.2) is 18.4 Å². The lowest BCUT2D eigenvalue weighted by molar-refractivity contribution is -0.122. The molecule has 2 rings (SSSR count). The van der Waals surface area contributed by atoms with E-state index in [1.54, 1.807) is 30.3 Å². The lowest BCUT2D eigenvalue weighted by Crippen LogP contribution is -2.42. The minimum absolute atomic E-state index is 0.133. The SMILES string of the molecule is C=CCOc1ccc(C(=O)NNC(=O)CC2CCCC2)cc1. The highest BCUT2D eigenvalue weighted by atomic mass is 16.5. The third-order valence-electron chi connectivity index (χ3n) is 3.75. The van der Waals surface area contributed by atoms with Gasteiger partial charge < -0.3 is 4.74 Å². The van der Waals surface area contributed by atoms with E-state index in [2.05, 4.69) is 17.4 Å². The molecule has 0 spiro atoms. The molecule has 0 atom stereocenters. The Morgan fingerprint density at radius 2 is 1.86 bits per heavy atom. The van der Waals surface area contributed by atoms with Crippen molar-refractivity contribution in [3.05, 3.63) is 42.5 Å². The van der Waals surface area contributed by atoms with Crippen molar-refractivity contribution in [1.29, 1.82) is 0 Å². The second-order valence-electron chi connectivity index (χ2n) is 5.48. The average molecular weight is 302 g/mol. The van der Waals surface area contributed by atoms with Crippen LogP contribution < -0.4 is 15.6 Å². The van der Waals surface area contributed by atoms with Gasteiger partial charge in [0, 0.05) is 12.0 Å². The highest BCUT2D eigenvalue weighted by Gasteiger charge is 2.18. The Hall–Kier alpha value is -2.30. The lowest BCUT2D eigenvalue weighted by Gasteiger charge is -2.11. The molecule has 0 saturated heterocycles. The van der Waals surface area contributed by atoms with Crippen LogP contribution in [0.5, 0.6) is 5.75 Å². The van der Waals surface area contributed by atoms with Gasteiger partial charge >= 0.3 is 0 Å². The summed E-state index contributed by atoms with van der Waals surface area (Å²) in [5, 5.41) is 0. The van der Waals surface area contributed by atoms with Crippen LogP contribution in [0.4, 0.5) is 0 Å². The van der Waals surface area contributed by atoms with Crippen molar-refractivity contribution in [2.45, 2.75) is 32.1 Å². The number of rotatable bonds is 6. The summed E-state index contributed by atoms with van der Waals surface area (Å²) < 4.78 is 5.34. The minimum Gasteiger partial charge on any atom is -0.490 e. The molecule has 0 heterocycles. The zero-order valence-electron chi connectivity index (χ0n) is 12.6. The van der Waals surface area contributed by atoms with Crippen LogP contribution in [0.1, 0.15) is 42.5 Å². The summed E-state index contributed by atoms with van der Waals surface area (Å²) in [5.41, 5.74) is 5.38. The molecule has 0 aromatic heterocycles. The molecule has 1 aromatic carbocycles. The monoisotopic (exact) mass is 302 g/mol. The first-order chi connectivity index (χ1) is 10.7. The number of carbonyl (C=O) groups excluding carboxylic acids is 2. The molecule has 5 nitrogen and oxygen atoms in total. The van der Waals surface area contributed by atoms with E-state index in [4.69, 9.17) is 4.74 Å². The van der Waals surface area contributed by atoms with E-state index < -0.39 is 0 Å². The number of carbonyl (C=O) groups is 2. The Labute approximate surface area is 130 Å². The van der Waals surface area contributed by atoms with Gasteiger partial charge in [-0.25, -0.2) is 0 Å². The number of hydrogen-bond acceptors (Lipinski definition) is 3. The summed E-state index contributed by atoms with van der Waals surface area (Å²) in [7, 11) is 0. The fourth-order valence-electron chi connectivity index (χ4n) is 2.58. The molecular weight excluding hydrogens is 280 g/mol. The summed E-state index contributed by atoms with van der Waals surface area (Å²) in [5.74, 6) is 0.654. The largest absolute Gasteiger partial charge is 0.490 e. The lowest BCUT2D eigenvalue weighted by atomic mass is 10.0. The highest BCUT2D eigenvalue weighted by molar-refractivity contribution is 5.95. The van der Waals surface area contributed by atoms with Gasteiger partial charge in [-0.2, -0.15) is 0 Å². The number of hydrogen-bond donors (Lipinski definition) is 2. The standard InChI is InChI=1S/C17H22N2O3/c1-2-11-22-15-9-7-14(8-10-15)17(21)19-18-16(20)12-13-5-3-4-6-13/h2,7-10,13H,1,3-6,11-12H2,(H,18,20)(H,19,21). The Kier molecular flexibility index (Phi) is 6.01. The van der Waals surface area contributed by atoms with Crippen molar-refractivity contribution in [2.24, 2.45) is 5.92 Å². The molecule has 2 N–H and O–H groups in total. The molecule has 0 unspecified atom stereocenters. The van der Waals surface area contributed by atoms with Crippen molar-refractivity contribution in [3.8, 4) is 5.75 Å². The van der Waals surface area contributed by atoms with E-state index in [1.807, 2.05) is 0 Å². The van der Waals surface area contributed by atoms with Crippen molar-refractivity contribution < 1.29 is 14.3 Å². The van der Waals surface area contributed by atoms with Crippen LogP contribution >= 0.6 is 0 Å². The van der Waals surface area contributed by atoms with E-state index in [0.29, 0.717) is 30.3 Å². The number of hydrazine groups is 1. The predicted octanol–water partition coefficient (Wildman–Crippen LogP) is 2.59. The molecule has 1 aliphatic carbocycles. The molecule has 1 aliphatic rings. The quantitative estimate of drug-likeness (QED) is 0.627. The Morgan fingerprint density at radius 1 is 1.18 bits per heavy atom. The molecule has 0 bridgehead atoms. The smallest absolute Gasteiger partial charge is 0.269 e. The van der Waals surface area contributed by atoms with Crippen LogP contribution in [0.2, 0.25) is 0 Å². The first kappa shape index (κ1) is 16.1. The van der Waals surface area contributed by atoms with E-state index in [1.165, 1.54) is 12.8 Å². The van der Waals surface area contributed by atoms with Gasteiger partial charge in [0.05, 0.1) is 0 Å². The van der Waals surface area contributed by atoms with E-state index >= 15 is 0 Å². The maximum absolute atomic E-state index is 11.9. The highest BCUT2D eigenvalue weighted by Crippen LogP contribution is 2.27. The van der Waals surface area contributed by atoms with Gasteiger partial charge in [-0.05, 0) is 43.0 Å². The molecule has 2 amide bonds. The van der Waals surface area contributed by atoms with Crippen LogP contribution in [0.25, 0.3) is 0 Å². The van der Waals surface area contributed by atoms with Gasteiger partial charge in [-0.15, -0.1) is 0 Å². The number of benzene rings is 1. The molecule has 0 aliphatic heterocycles. The van der Waals surface area contributed by atoms with Crippen LogP contribution in [0.3, 0.4) is 0 Å². The third-order valence-corrected chi connectivity index (χ3v) is 3.75. The van der Waals surface area contributed by atoms with Gasteiger partial charge in [-0.1, -0.05) is 25.5 Å². The number of nitrogens with one attached hydrogen (secondary N) is 2. The zero-order valence-corrected chi connectivity index (χ0v) is 12.6. The molecule has 5 heteroatoms. The summed E-state index contributed by atoms with van der Waals surface area (Å²) in [4.78, 5) is 23.7. The Balaban J connectivity index is 1.76. The van der Waals surface area contributed by atoms with Crippen molar-refractivity contribution in [2.75, 3.05) is 6.61 Å². The topological polar surface area (TPSA) is 67.4 Å². The van der Waals surface area contributed by atoms with Gasteiger partial charge in [0.25, 0.3) is 5.91 Å². The molecule has 1 saturated carbocycles. The third kappa shape index (κ3) is 4.91. The van der Waals surface area contributed by atoms with Crippen molar-refractivity contribution in [3.63, 3.8) is 0 Å². The van der Waals surface area contributed by atoms with Crippen LogP contribution in [-0.2, 0) is 4.79 Å². The summed E-state index contributed by atoms with van der Waals surface area (Å²) >= 11 is 0. The summed E-state index contributed by atoms with van der Waals surface area (Å²) in [6, 6.07) is 6.71. The fourth-order valence-corrected chi connectivity index (χ4v) is 2.58. The molecule has 118 valence electrons. The fraction of sp³-hybridized carbons (Fsp3) is 0.412. The van der Waals surface area contributed by atoms with Gasteiger partial charge in [0.2, 0.25) is 5.91 Å². The van der Waals surface area contributed by atoms with Crippen molar-refractivity contribution in [1.82, 2.24) is 10.9 Å². The van der Waals surface area contributed by atoms with Crippen LogP contribution in [0.15, 0.2) is 36.9 Å². The predicted molar refractivity (Wildman–Crippen MR) is 84.3 cm³/mol. The summed E-state index contributed by atoms with van der Waals surface area (Å²) in [6.45, 7) is 3.99. The second kappa shape index (κ2) is 8.22. The Bertz CT molecular complexity index is 519. The molecule has 1 aromatic rings. The van der Waals surface area contributed by atoms with Crippen molar-refractivity contribution >= 4 is 11.8 Å². The van der Waals surface area contributed by atoms with E-state index in [0.717, 1.165) is 12.8 Å². The molecular formula is C17H22N2O3. The Morgan fingerprint density at radius 3 is 2.50 bits per heavy atom. The molecule has 1 fully saturated rings. The normalized spacial score (nSPS) is 14.4. The number of amides is 2. The van der Waals surface area contributed by atoms with Gasteiger partial charge in [0.15, 0.2) is 0 Å². The summed E-state index contributed by atoms with van der Waals surface area (Å²) in [6.07, 6.45) is 6.74. The second-order valence-corrected chi connectivity index (χ2v) is 5.48. The zero-order chi connectivity index (χ0) is 15.8. The van der Waals surface area contributed by atoms with Gasteiger partial charge in [-0.3, -0.25) is 20.4 Å². The van der Waals surface area contributed by atoms with E-state index in [-0.39, 0.29) is 11.8 Å².